The van der Waals surface area contributed by atoms with Crippen LogP contribution < -0.4 is 5.73 Å². The highest BCUT2D eigenvalue weighted by Gasteiger charge is 2.50. The van der Waals surface area contributed by atoms with Crippen molar-refractivity contribution >= 4 is 0 Å². The van der Waals surface area contributed by atoms with Crippen molar-refractivity contribution in [3.05, 3.63) is 10.4 Å². The van der Waals surface area contributed by atoms with Crippen LogP contribution in [-0.2, 0) is 18.9 Å². The summed E-state index contributed by atoms with van der Waals surface area (Å²) in [5.41, 5.74) is 5.44. The molecular weight excluding hydrogens is 424 g/mol. The van der Waals surface area contributed by atoms with Crippen molar-refractivity contribution in [2.45, 2.75) is 68.1 Å². The van der Waals surface area contributed by atoms with Crippen LogP contribution in [-0.4, -0.2) is 130 Å². The molecule has 0 aliphatic carbocycles. The zero-order chi connectivity index (χ0) is 23.3. The number of nitrogens with two attached hydrogens (primary N) is 1. The van der Waals surface area contributed by atoms with Gasteiger partial charge in [0.05, 0.1) is 19.3 Å². The molecule has 0 aromatic carbocycles. The van der Waals surface area contributed by atoms with Gasteiger partial charge in [-0.05, 0) is 12.2 Å². The molecule has 0 aromatic rings. The minimum Gasteiger partial charge on any atom is -0.737 e. The minimum atomic E-state index is -1.65. The van der Waals surface area contributed by atoms with Crippen molar-refractivity contribution < 1.29 is 49.4 Å². The number of methoxy groups -OCH3 is 1. The van der Waals surface area contributed by atoms with Gasteiger partial charge < -0.3 is 60.6 Å². The van der Waals surface area contributed by atoms with Crippen LogP contribution in [0, 0.1) is 10.4 Å². The number of hydrogen-bond donors (Lipinski definition) is 6. The molecule has 15 nitrogen and oxygen atoms in total. The Bertz CT molecular complexity index is 586. The molecule has 2 saturated heterocycles. The first-order valence-corrected chi connectivity index (χ1v) is 9.77. The molecule has 2 heterocycles. The Morgan fingerprint density at radius 3 is 2.26 bits per heavy atom. The fourth-order valence-corrected chi connectivity index (χ4v) is 3.71. The van der Waals surface area contributed by atoms with Crippen molar-refractivity contribution in [2.24, 2.45) is 11.0 Å². The van der Waals surface area contributed by atoms with Crippen LogP contribution in [0.15, 0.2) is 5.28 Å². The monoisotopic (exact) mass is 455 g/mol. The van der Waals surface area contributed by atoms with E-state index in [0.717, 1.165) is 5.01 Å². The van der Waals surface area contributed by atoms with Gasteiger partial charge in [-0.15, -0.1) is 5.01 Å². The van der Waals surface area contributed by atoms with Crippen LogP contribution in [0.4, 0.5) is 0 Å². The van der Waals surface area contributed by atoms with Crippen LogP contribution in [0.1, 0.15) is 6.92 Å². The van der Waals surface area contributed by atoms with Gasteiger partial charge in [-0.25, -0.2) is 0 Å². The number of hydrogen-bond acceptors (Lipinski definition) is 13. The van der Waals surface area contributed by atoms with E-state index in [1.807, 2.05) is 0 Å². The quantitative estimate of drug-likeness (QED) is 0.111. The Morgan fingerprint density at radius 2 is 1.71 bits per heavy atom. The van der Waals surface area contributed by atoms with E-state index in [1.165, 1.54) is 14.0 Å². The molecule has 182 valence electrons. The standard InChI is InChI=1S/C16H32N4O11/c1-7-10(22)11(23)15(9(6-21)29-7)31-16-13(25)12(24)14(28-2)8(30-16)5-19(4-3-17)20(27)18-26/h7-16,21-26H,3-6,17H2,1-2H3/p-1/b20-18-/t7-,8-,9-,10+,11-,12-,13-,14-,15?,16-/m1/s1. The average molecular weight is 455 g/mol. The maximum absolute atomic E-state index is 11.7. The molecule has 10 atom stereocenters. The molecule has 15 heteroatoms. The highest BCUT2D eigenvalue weighted by molar-refractivity contribution is 4.95. The Balaban J connectivity index is 2.21. The number of aliphatic hydroxyl groups excluding tert-OH is 5. The summed E-state index contributed by atoms with van der Waals surface area (Å²) in [6.45, 7) is 0.574. The summed E-state index contributed by atoms with van der Waals surface area (Å²) < 4.78 is 21.9. The minimum absolute atomic E-state index is 0.00357. The van der Waals surface area contributed by atoms with Crippen molar-refractivity contribution in [1.29, 1.82) is 0 Å². The van der Waals surface area contributed by atoms with E-state index in [4.69, 9.17) is 24.7 Å². The fraction of sp³-hybridized carbons (Fsp3) is 1.00. The van der Waals surface area contributed by atoms with E-state index in [9.17, 15) is 35.9 Å². The molecule has 2 fully saturated rings. The average Bonchev–Trinajstić information content (AvgIpc) is 2.76. The van der Waals surface area contributed by atoms with Gasteiger partial charge in [0.2, 0.25) is 0 Å². The number of rotatable bonds is 9. The molecule has 2 rings (SSSR count). The van der Waals surface area contributed by atoms with Crippen LogP contribution in [0.5, 0.6) is 0 Å². The first-order valence-electron chi connectivity index (χ1n) is 9.77. The Labute approximate surface area is 178 Å². The zero-order valence-electron chi connectivity index (χ0n) is 17.2. The molecule has 0 aromatic heterocycles. The third-order valence-corrected chi connectivity index (χ3v) is 5.40. The van der Waals surface area contributed by atoms with Gasteiger partial charge in [0.1, 0.15) is 55.4 Å². The number of aliphatic hydroxyl groups is 5. The lowest BCUT2D eigenvalue weighted by Gasteiger charge is -2.46. The maximum Gasteiger partial charge on any atom is 0.187 e. The highest BCUT2D eigenvalue weighted by Crippen LogP contribution is 2.30. The van der Waals surface area contributed by atoms with Gasteiger partial charge in [-0.1, -0.05) is 0 Å². The number of nitrogens with zero attached hydrogens (tertiary/aromatic N) is 3. The second kappa shape index (κ2) is 11.5. The van der Waals surface area contributed by atoms with Gasteiger partial charge in [-0.3, -0.25) is 0 Å². The Morgan fingerprint density at radius 1 is 1.06 bits per heavy atom. The summed E-state index contributed by atoms with van der Waals surface area (Å²) in [5, 5.41) is 76.4. The van der Waals surface area contributed by atoms with Crippen LogP contribution in [0.25, 0.3) is 0 Å². The number of hydrazine groups is 1. The largest absolute Gasteiger partial charge is 0.737 e. The third kappa shape index (κ3) is 5.70. The fourth-order valence-electron chi connectivity index (χ4n) is 3.71. The van der Waals surface area contributed by atoms with Crippen molar-refractivity contribution in [3.63, 3.8) is 0 Å². The predicted octanol–water partition coefficient (Wildman–Crippen LogP) is -4.03. The van der Waals surface area contributed by atoms with Gasteiger partial charge >= 0.3 is 0 Å². The maximum atomic E-state index is 11.7. The van der Waals surface area contributed by atoms with Crippen molar-refractivity contribution in [3.8, 4) is 0 Å². The summed E-state index contributed by atoms with van der Waals surface area (Å²) in [6, 6.07) is 0. The van der Waals surface area contributed by atoms with Gasteiger partial charge in [0.15, 0.2) is 6.29 Å². The SMILES string of the molecule is CO[C@H]1[C@H](O)[C@@H](O)[C@@H](OC2[C@@H](CO)O[C@H](C)[C@H](O)[C@H]2O)O[C@@H]1CN(CCN)/[N+]([O-])=N/[O-]. The normalized spacial score (nSPS) is 41.9. The van der Waals surface area contributed by atoms with Crippen molar-refractivity contribution in [2.75, 3.05) is 33.4 Å². The lowest BCUT2D eigenvalue weighted by atomic mass is 9.94. The summed E-state index contributed by atoms with van der Waals surface area (Å²) in [6.07, 6.45) is -13.0. The smallest absolute Gasteiger partial charge is 0.187 e. The summed E-state index contributed by atoms with van der Waals surface area (Å²) in [4.78, 5) is -0.228. The molecule has 1 unspecified atom stereocenters. The predicted molar refractivity (Wildman–Crippen MR) is 99.8 cm³/mol. The van der Waals surface area contributed by atoms with Crippen LogP contribution >= 0.6 is 0 Å². The molecule has 7 N–H and O–H groups in total. The van der Waals surface area contributed by atoms with Gasteiger partial charge in [-0.2, -0.15) is 0 Å². The van der Waals surface area contributed by atoms with E-state index < -0.39 is 67.8 Å². The lowest BCUT2D eigenvalue weighted by molar-refractivity contribution is -0.692. The summed E-state index contributed by atoms with van der Waals surface area (Å²) >= 11 is 0. The summed E-state index contributed by atoms with van der Waals surface area (Å²) in [7, 11) is 1.25. The lowest BCUT2D eigenvalue weighted by Crippen LogP contribution is -2.65. The van der Waals surface area contributed by atoms with E-state index in [0.29, 0.717) is 0 Å². The molecule has 0 spiro atoms. The van der Waals surface area contributed by atoms with E-state index in [2.05, 4.69) is 5.28 Å². The van der Waals surface area contributed by atoms with Crippen molar-refractivity contribution in [1.82, 2.24) is 5.01 Å². The van der Waals surface area contributed by atoms with Crippen LogP contribution in [0.2, 0.25) is 0 Å². The molecule has 2 aliphatic heterocycles. The van der Waals surface area contributed by atoms with E-state index in [1.54, 1.807) is 0 Å². The Kier molecular flexibility index (Phi) is 9.56. The summed E-state index contributed by atoms with van der Waals surface area (Å²) in [5.74, 6) is 0. The van der Waals surface area contributed by atoms with Crippen LogP contribution in [0.3, 0.4) is 0 Å². The highest BCUT2D eigenvalue weighted by atomic mass is 16.7. The Hall–Kier alpha value is -1.40. The molecule has 0 amide bonds. The van der Waals surface area contributed by atoms with Gasteiger partial charge in [0.25, 0.3) is 0 Å². The second-order valence-corrected chi connectivity index (χ2v) is 7.40. The van der Waals surface area contributed by atoms with E-state index in [-0.39, 0.29) is 24.6 Å². The van der Waals surface area contributed by atoms with Gasteiger partial charge in [0, 0.05) is 18.6 Å². The molecule has 0 radical (unpaired) electrons. The molecular formula is C16H31N4O11-. The topological polar surface area (TPSA) is 229 Å². The molecule has 31 heavy (non-hydrogen) atoms. The van der Waals surface area contributed by atoms with E-state index >= 15 is 0 Å². The third-order valence-electron chi connectivity index (χ3n) is 5.40. The molecule has 0 bridgehead atoms. The molecule has 2 aliphatic rings. The number of ether oxygens (including phenoxy) is 4. The second-order valence-electron chi connectivity index (χ2n) is 7.40. The first kappa shape index (κ1) is 25.9. The zero-order valence-corrected chi connectivity index (χ0v) is 17.2. The first-order chi connectivity index (χ1) is 14.7. The molecule has 0 saturated carbocycles.